The first kappa shape index (κ1) is 14.0. The number of alkyl halides is 1. The molecule has 1 amide bonds. The molecule has 1 aromatic carbocycles. The van der Waals surface area contributed by atoms with Crippen LogP contribution in [0, 0.1) is 0 Å². The van der Waals surface area contributed by atoms with Gasteiger partial charge in [-0.15, -0.1) is 0 Å². The van der Waals surface area contributed by atoms with Gasteiger partial charge in [0.25, 0.3) is 5.91 Å². The molecule has 2 unspecified atom stereocenters. The molecular weight excluding hydrogens is 362 g/mol. The smallest absolute Gasteiger partial charge is 0.254 e. The van der Waals surface area contributed by atoms with Crippen LogP contribution >= 0.6 is 31.9 Å². The highest BCUT2D eigenvalue weighted by atomic mass is 79.9. The van der Waals surface area contributed by atoms with Crippen LogP contribution in [-0.4, -0.2) is 41.4 Å². The summed E-state index contributed by atoms with van der Waals surface area (Å²) in [4.78, 5) is 14.3. The fourth-order valence-electron chi connectivity index (χ4n) is 1.95. The van der Waals surface area contributed by atoms with Crippen LogP contribution in [0.1, 0.15) is 17.3 Å². The SMILES string of the molecule is CC1COC(CBr)CN1C(=O)c1ccc(Br)cc1. The quantitative estimate of drug-likeness (QED) is 0.742. The van der Waals surface area contributed by atoms with Crippen molar-refractivity contribution in [3.05, 3.63) is 34.3 Å². The summed E-state index contributed by atoms with van der Waals surface area (Å²) < 4.78 is 6.61. The van der Waals surface area contributed by atoms with E-state index >= 15 is 0 Å². The molecule has 2 rings (SSSR count). The van der Waals surface area contributed by atoms with Crippen LogP contribution in [-0.2, 0) is 4.74 Å². The predicted octanol–water partition coefficient (Wildman–Crippen LogP) is 3.07. The summed E-state index contributed by atoms with van der Waals surface area (Å²) in [7, 11) is 0. The molecule has 18 heavy (non-hydrogen) atoms. The molecule has 2 atom stereocenters. The lowest BCUT2D eigenvalue weighted by Gasteiger charge is -2.37. The number of benzene rings is 1. The summed E-state index contributed by atoms with van der Waals surface area (Å²) >= 11 is 6.78. The van der Waals surface area contributed by atoms with Gasteiger partial charge in [-0.05, 0) is 31.2 Å². The molecule has 0 bridgehead atoms. The Morgan fingerprint density at radius 2 is 2.11 bits per heavy atom. The topological polar surface area (TPSA) is 29.5 Å². The summed E-state index contributed by atoms with van der Waals surface area (Å²) in [5.41, 5.74) is 0.722. The van der Waals surface area contributed by atoms with Crippen LogP contribution < -0.4 is 0 Å². The van der Waals surface area contributed by atoms with E-state index in [-0.39, 0.29) is 18.1 Å². The van der Waals surface area contributed by atoms with Crippen molar-refractivity contribution in [1.29, 1.82) is 0 Å². The molecule has 0 radical (unpaired) electrons. The number of nitrogens with zero attached hydrogens (tertiary/aromatic N) is 1. The Kier molecular flexibility index (Phi) is 4.81. The molecular formula is C13H15Br2NO2. The minimum Gasteiger partial charge on any atom is -0.373 e. The zero-order valence-electron chi connectivity index (χ0n) is 10.1. The van der Waals surface area contributed by atoms with Crippen molar-refractivity contribution >= 4 is 37.8 Å². The third-order valence-electron chi connectivity index (χ3n) is 3.03. The molecule has 1 aliphatic heterocycles. The van der Waals surface area contributed by atoms with E-state index in [4.69, 9.17) is 4.74 Å². The summed E-state index contributed by atoms with van der Waals surface area (Å²) in [5.74, 6) is 0.0734. The van der Waals surface area contributed by atoms with Crippen molar-refractivity contribution in [2.75, 3.05) is 18.5 Å². The van der Waals surface area contributed by atoms with Gasteiger partial charge in [0.2, 0.25) is 0 Å². The number of halogens is 2. The normalized spacial score (nSPS) is 24.1. The molecule has 0 aliphatic carbocycles. The first-order valence-electron chi connectivity index (χ1n) is 5.86. The molecule has 1 aromatic rings. The van der Waals surface area contributed by atoms with E-state index in [1.54, 1.807) is 0 Å². The maximum absolute atomic E-state index is 12.4. The second-order valence-electron chi connectivity index (χ2n) is 4.42. The molecule has 98 valence electrons. The molecule has 3 nitrogen and oxygen atoms in total. The van der Waals surface area contributed by atoms with Crippen molar-refractivity contribution in [1.82, 2.24) is 4.90 Å². The molecule has 1 fully saturated rings. The molecule has 0 spiro atoms. The van der Waals surface area contributed by atoms with Gasteiger partial charge in [-0.1, -0.05) is 31.9 Å². The lowest BCUT2D eigenvalue weighted by atomic mass is 10.1. The number of hydrogen-bond acceptors (Lipinski definition) is 2. The highest BCUT2D eigenvalue weighted by Crippen LogP contribution is 2.18. The van der Waals surface area contributed by atoms with E-state index in [0.29, 0.717) is 13.2 Å². The van der Waals surface area contributed by atoms with Gasteiger partial charge in [0, 0.05) is 21.9 Å². The molecule has 0 aromatic heterocycles. The number of amides is 1. The van der Waals surface area contributed by atoms with Crippen molar-refractivity contribution in [2.24, 2.45) is 0 Å². The molecule has 1 aliphatic rings. The van der Waals surface area contributed by atoms with Gasteiger partial charge in [-0.2, -0.15) is 0 Å². The highest BCUT2D eigenvalue weighted by molar-refractivity contribution is 9.10. The first-order valence-corrected chi connectivity index (χ1v) is 7.77. The number of rotatable bonds is 2. The van der Waals surface area contributed by atoms with E-state index in [0.717, 1.165) is 15.4 Å². The lowest BCUT2D eigenvalue weighted by molar-refractivity contribution is -0.0361. The molecule has 1 heterocycles. The van der Waals surface area contributed by atoms with E-state index in [9.17, 15) is 4.79 Å². The van der Waals surface area contributed by atoms with Crippen molar-refractivity contribution in [3.8, 4) is 0 Å². The number of hydrogen-bond donors (Lipinski definition) is 0. The fraction of sp³-hybridized carbons (Fsp3) is 0.462. The Morgan fingerprint density at radius 3 is 2.72 bits per heavy atom. The second kappa shape index (κ2) is 6.17. The third kappa shape index (κ3) is 3.13. The first-order chi connectivity index (χ1) is 8.61. The van der Waals surface area contributed by atoms with Crippen molar-refractivity contribution in [3.63, 3.8) is 0 Å². The third-order valence-corrected chi connectivity index (χ3v) is 4.28. The number of ether oxygens (including phenoxy) is 1. The Bertz CT molecular complexity index is 422. The predicted molar refractivity (Wildman–Crippen MR) is 78.2 cm³/mol. The summed E-state index contributed by atoms with van der Waals surface area (Å²) in [6, 6.07) is 7.59. The highest BCUT2D eigenvalue weighted by Gasteiger charge is 2.29. The average molecular weight is 377 g/mol. The van der Waals surface area contributed by atoms with Crippen LogP contribution in [0.4, 0.5) is 0 Å². The molecule has 1 saturated heterocycles. The monoisotopic (exact) mass is 375 g/mol. The zero-order chi connectivity index (χ0) is 13.1. The van der Waals surface area contributed by atoms with E-state index < -0.39 is 0 Å². The maximum Gasteiger partial charge on any atom is 0.254 e. The van der Waals surface area contributed by atoms with Gasteiger partial charge in [-0.25, -0.2) is 0 Å². The van der Waals surface area contributed by atoms with E-state index in [2.05, 4.69) is 31.9 Å². The van der Waals surface area contributed by atoms with Gasteiger partial charge in [0.15, 0.2) is 0 Å². The minimum atomic E-state index is 0.0734. The van der Waals surface area contributed by atoms with Gasteiger partial charge >= 0.3 is 0 Å². The number of carbonyl (C=O) groups is 1. The average Bonchev–Trinajstić information content (AvgIpc) is 2.39. The largest absolute Gasteiger partial charge is 0.373 e. The minimum absolute atomic E-state index is 0.0734. The summed E-state index contributed by atoms with van der Waals surface area (Å²) in [6.07, 6.45) is 0.0839. The number of carbonyl (C=O) groups excluding carboxylic acids is 1. The van der Waals surface area contributed by atoms with Crippen molar-refractivity contribution < 1.29 is 9.53 Å². The van der Waals surface area contributed by atoms with Gasteiger partial charge in [-0.3, -0.25) is 4.79 Å². The van der Waals surface area contributed by atoms with Gasteiger partial charge < -0.3 is 9.64 Å². The maximum atomic E-state index is 12.4. The second-order valence-corrected chi connectivity index (χ2v) is 5.99. The Hall–Kier alpha value is -0.390. The van der Waals surface area contributed by atoms with Crippen LogP contribution in [0.2, 0.25) is 0 Å². The van der Waals surface area contributed by atoms with Crippen LogP contribution in [0.25, 0.3) is 0 Å². The molecule has 5 heteroatoms. The summed E-state index contributed by atoms with van der Waals surface area (Å²) in [6.45, 7) is 3.25. The Labute approximate surface area is 124 Å². The zero-order valence-corrected chi connectivity index (χ0v) is 13.3. The summed E-state index contributed by atoms with van der Waals surface area (Å²) in [5, 5.41) is 0.754. The molecule has 0 saturated carbocycles. The van der Waals surface area contributed by atoms with Crippen LogP contribution in [0.3, 0.4) is 0 Å². The van der Waals surface area contributed by atoms with Gasteiger partial charge in [0.1, 0.15) is 0 Å². The van der Waals surface area contributed by atoms with Crippen LogP contribution in [0.15, 0.2) is 28.7 Å². The number of morpholine rings is 1. The van der Waals surface area contributed by atoms with E-state index in [1.165, 1.54) is 0 Å². The van der Waals surface area contributed by atoms with Crippen LogP contribution in [0.5, 0.6) is 0 Å². The molecule has 0 N–H and O–H groups in total. The fourth-order valence-corrected chi connectivity index (χ4v) is 2.61. The van der Waals surface area contributed by atoms with Crippen molar-refractivity contribution in [2.45, 2.75) is 19.1 Å². The Balaban J connectivity index is 2.13. The standard InChI is InChI=1S/C13H15Br2NO2/c1-9-8-18-12(6-14)7-16(9)13(17)10-2-4-11(15)5-3-10/h2-5,9,12H,6-8H2,1H3. The van der Waals surface area contributed by atoms with E-state index in [1.807, 2.05) is 36.1 Å². The lowest BCUT2D eigenvalue weighted by Crippen LogP contribution is -2.51. The Morgan fingerprint density at radius 1 is 1.44 bits per heavy atom. The van der Waals surface area contributed by atoms with Gasteiger partial charge in [0.05, 0.1) is 18.8 Å².